The molecule has 2 aromatic carbocycles. The number of nitrogens with zero attached hydrogens (tertiary/aromatic N) is 2. The van der Waals surface area contributed by atoms with E-state index >= 15 is 4.39 Å². The van der Waals surface area contributed by atoms with E-state index in [1.165, 1.54) is 47.7 Å². The number of carbonyl (C=O) groups is 4. The van der Waals surface area contributed by atoms with Crippen molar-refractivity contribution in [1.82, 2.24) is 9.88 Å². The second kappa shape index (κ2) is 13.2. The van der Waals surface area contributed by atoms with Gasteiger partial charge in [0.1, 0.15) is 23.0 Å². The molecule has 3 heterocycles. The molecule has 1 aliphatic heterocycles. The number of hydrogen-bond acceptors (Lipinski definition) is 9. The number of anilines is 1. The number of halogens is 2. The lowest BCUT2D eigenvalue weighted by Crippen LogP contribution is -2.35. The molecule has 0 radical (unpaired) electrons. The number of hydrogen-bond donors (Lipinski definition) is 1. The van der Waals surface area contributed by atoms with E-state index in [4.69, 9.17) is 21.1 Å². The van der Waals surface area contributed by atoms with E-state index in [1.54, 1.807) is 11.6 Å². The first-order chi connectivity index (χ1) is 20.6. The van der Waals surface area contributed by atoms with Gasteiger partial charge in [0.15, 0.2) is 0 Å². The van der Waals surface area contributed by atoms with Gasteiger partial charge in [0.05, 0.1) is 36.2 Å². The SMILES string of the molecule is COC(=O)CCc1cnc([C@@H]2[C@@H](OC(C)=O)CCN2C(=O)Cc2cc(Cl)c(NC(=O)c3csc4ccccc34)cc2F)s1. The summed E-state index contributed by atoms with van der Waals surface area (Å²) in [6.45, 7) is 1.57. The summed E-state index contributed by atoms with van der Waals surface area (Å²) in [5.74, 6) is -2.36. The van der Waals surface area contributed by atoms with Crippen LogP contribution in [0.5, 0.6) is 0 Å². The summed E-state index contributed by atoms with van der Waals surface area (Å²) in [4.78, 5) is 56.6. The molecule has 13 heteroatoms. The molecule has 1 saturated heterocycles. The van der Waals surface area contributed by atoms with Gasteiger partial charge in [0.2, 0.25) is 5.91 Å². The van der Waals surface area contributed by atoms with E-state index < -0.39 is 35.7 Å². The van der Waals surface area contributed by atoms with Crippen molar-refractivity contribution in [3.63, 3.8) is 0 Å². The van der Waals surface area contributed by atoms with E-state index in [-0.39, 0.29) is 41.6 Å². The van der Waals surface area contributed by atoms with Crippen molar-refractivity contribution in [3.05, 3.63) is 79.8 Å². The number of thiophene rings is 1. The summed E-state index contributed by atoms with van der Waals surface area (Å²) < 4.78 is 26.4. The standard InChI is InChI=1S/C30H27ClFN3O6S2/c1-16(36)41-24-9-10-35(28(24)30-33-14-18(43-30)7-8-27(38)40-2)26(37)12-17-11-21(31)23(13-22(17)32)34-29(39)20-15-42-25-6-4-3-5-19(20)25/h3-6,11,13-15,24,28H,7-10,12H2,1-2H3,(H,34,39)/t24-,28-/m0/s1. The van der Waals surface area contributed by atoms with Gasteiger partial charge in [-0.05, 0) is 30.2 Å². The fourth-order valence-corrected chi connectivity index (χ4v) is 7.26. The Kier molecular flexibility index (Phi) is 9.38. The Morgan fingerprint density at radius 1 is 1.21 bits per heavy atom. The number of aromatic nitrogens is 1. The first kappa shape index (κ1) is 30.6. The van der Waals surface area contributed by atoms with Gasteiger partial charge < -0.3 is 19.7 Å². The number of rotatable bonds is 9. The predicted octanol–water partition coefficient (Wildman–Crippen LogP) is 5.96. The van der Waals surface area contributed by atoms with Crippen LogP contribution < -0.4 is 5.32 Å². The van der Waals surface area contributed by atoms with E-state index in [9.17, 15) is 19.2 Å². The van der Waals surface area contributed by atoms with Crippen LogP contribution in [0.15, 0.2) is 48.0 Å². The number of esters is 2. The molecule has 0 aliphatic carbocycles. The Morgan fingerprint density at radius 3 is 2.77 bits per heavy atom. The lowest BCUT2D eigenvalue weighted by molar-refractivity contribution is -0.149. The molecule has 0 spiro atoms. The highest BCUT2D eigenvalue weighted by atomic mass is 35.5. The maximum absolute atomic E-state index is 15.3. The Hall–Kier alpha value is -3.87. The molecule has 2 atom stereocenters. The number of ether oxygens (including phenoxy) is 2. The molecule has 2 aromatic heterocycles. The van der Waals surface area contributed by atoms with Gasteiger partial charge in [-0.15, -0.1) is 22.7 Å². The minimum atomic E-state index is -0.699. The van der Waals surface area contributed by atoms with Crippen LogP contribution in [0.2, 0.25) is 5.02 Å². The molecule has 0 saturated carbocycles. The maximum Gasteiger partial charge on any atom is 0.305 e. The molecule has 1 fully saturated rings. The van der Waals surface area contributed by atoms with Crippen molar-refractivity contribution in [3.8, 4) is 0 Å². The highest BCUT2D eigenvalue weighted by Crippen LogP contribution is 2.38. The summed E-state index contributed by atoms with van der Waals surface area (Å²) in [7, 11) is 1.32. The molecule has 1 aliphatic rings. The highest BCUT2D eigenvalue weighted by Gasteiger charge is 2.42. The van der Waals surface area contributed by atoms with Gasteiger partial charge in [0, 0.05) is 46.4 Å². The third-order valence-electron chi connectivity index (χ3n) is 7.06. The van der Waals surface area contributed by atoms with Gasteiger partial charge in [-0.2, -0.15) is 0 Å². The Labute approximate surface area is 259 Å². The van der Waals surface area contributed by atoms with E-state index in [1.807, 2.05) is 24.3 Å². The number of carbonyl (C=O) groups excluding carboxylic acids is 4. The monoisotopic (exact) mass is 643 g/mol. The number of benzene rings is 2. The number of fused-ring (bicyclic) bond motifs is 1. The van der Waals surface area contributed by atoms with Crippen molar-refractivity contribution in [2.45, 2.75) is 44.8 Å². The Morgan fingerprint density at radius 2 is 2.00 bits per heavy atom. The molecular formula is C30H27ClFN3O6S2. The third-order valence-corrected chi connectivity index (χ3v) is 9.46. The molecule has 43 heavy (non-hydrogen) atoms. The second-order valence-electron chi connectivity index (χ2n) is 9.91. The summed E-state index contributed by atoms with van der Waals surface area (Å²) in [5.41, 5.74) is 0.600. The minimum Gasteiger partial charge on any atom is -0.469 e. The number of amides is 2. The lowest BCUT2D eigenvalue weighted by Gasteiger charge is -2.26. The van der Waals surface area contributed by atoms with Gasteiger partial charge in [-0.3, -0.25) is 19.2 Å². The smallest absolute Gasteiger partial charge is 0.305 e. The molecule has 224 valence electrons. The van der Waals surface area contributed by atoms with Gasteiger partial charge >= 0.3 is 11.9 Å². The fourth-order valence-electron chi connectivity index (χ4n) is 5.00. The second-order valence-corrected chi connectivity index (χ2v) is 12.4. The maximum atomic E-state index is 15.3. The average molecular weight is 644 g/mol. The molecule has 2 amide bonds. The Bertz CT molecular complexity index is 1710. The predicted molar refractivity (Wildman–Crippen MR) is 162 cm³/mol. The number of likely N-dealkylation sites (tertiary alicyclic amines) is 1. The number of aryl methyl sites for hydroxylation is 1. The van der Waals surface area contributed by atoms with E-state index in [0.717, 1.165) is 21.0 Å². The quantitative estimate of drug-likeness (QED) is 0.224. The molecule has 5 rings (SSSR count). The lowest BCUT2D eigenvalue weighted by atomic mass is 10.1. The van der Waals surface area contributed by atoms with Crippen molar-refractivity contribution < 1.29 is 33.0 Å². The summed E-state index contributed by atoms with van der Waals surface area (Å²) in [6.07, 6.45) is 1.68. The van der Waals surface area contributed by atoms with Gasteiger partial charge in [-0.1, -0.05) is 29.8 Å². The highest BCUT2D eigenvalue weighted by molar-refractivity contribution is 7.17. The zero-order valence-corrected chi connectivity index (χ0v) is 25.6. The number of nitrogens with one attached hydrogen (secondary N) is 1. The van der Waals surface area contributed by atoms with Crippen LogP contribution in [-0.2, 0) is 36.7 Å². The zero-order chi connectivity index (χ0) is 30.7. The zero-order valence-electron chi connectivity index (χ0n) is 23.2. The van der Waals surface area contributed by atoms with Crippen molar-refractivity contribution >= 4 is 73.8 Å². The summed E-state index contributed by atoms with van der Waals surface area (Å²) in [6, 6.07) is 9.24. The van der Waals surface area contributed by atoms with Crippen LogP contribution in [0.1, 0.15) is 51.6 Å². The molecule has 0 bridgehead atoms. The fraction of sp³-hybridized carbons (Fsp3) is 0.300. The van der Waals surface area contributed by atoms with Crippen LogP contribution in [0.4, 0.5) is 10.1 Å². The van der Waals surface area contributed by atoms with E-state index in [0.29, 0.717) is 23.4 Å². The topological polar surface area (TPSA) is 115 Å². The summed E-state index contributed by atoms with van der Waals surface area (Å²) >= 11 is 9.18. The van der Waals surface area contributed by atoms with E-state index in [2.05, 4.69) is 10.3 Å². The largest absolute Gasteiger partial charge is 0.469 e. The molecule has 9 nitrogen and oxygen atoms in total. The van der Waals surface area contributed by atoms with Crippen LogP contribution in [0.3, 0.4) is 0 Å². The number of methoxy groups -OCH3 is 1. The molecular weight excluding hydrogens is 617 g/mol. The molecule has 4 aromatic rings. The number of thiazole rings is 1. The minimum absolute atomic E-state index is 0.0570. The average Bonchev–Trinajstić information content (AvgIpc) is 3.72. The van der Waals surface area contributed by atoms with Crippen LogP contribution in [0.25, 0.3) is 10.1 Å². The first-order valence-electron chi connectivity index (χ1n) is 13.4. The van der Waals surface area contributed by atoms with Gasteiger partial charge in [0.25, 0.3) is 5.91 Å². The van der Waals surface area contributed by atoms with Crippen molar-refractivity contribution in [2.75, 3.05) is 19.0 Å². The Balaban J connectivity index is 1.32. The van der Waals surface area contributed by atoms with Gasteiger partial charge in [-0.25, -0.2) is 9.37 Å². The van der Waals surface area contributed by atoms with Crippen LogP contribution in [0, 0.1) is 5.82 Å². The van der Waals surface area contributed by atoms with Crippen LogP contribution in [-0.4, -0.2) is 53.4 Å². The van der Waals surface area contributed by atoms with Crippen molar-refractivity contribution in [2.24, 2.45) is 0 Å². The normalized spacial score (nSPS) is 16.3. The molecule has 1 N–H and O–H groups in total. The molecule has 0 unspecified atom stereocenters. The first-order valence-corrected chi connectivity index (χ1v) is 15.5. The van der Waals surface area contributed by atoms with Crippen LogP contribution >= 0.6 is 34.3 Å². The summed E-state index contributed by atoms with van der Waals surface area (Å²) in [5, 5.41) is 5.83. The van der Waals surface area contributed by atoms with Crippen molar-refractivity contribution in [1.29, 1.82) is 0 Å². The third kappa shape index (κ3) is 6.87.